The van der Waals surface area contributed by atoms with Gasteiger partial charge in [0, 0.05) is 6.04 Å². The second-order valence-corrected chi connectivity index (χ2v) is 5.55. The molecule has 1 aromatic rings. The maximum Gasteiger partial charge on any atom is 0.254 e. The van der Waals surface area contributed by atoms with Crippen LogP contribution >= 0.6 is 0 Å². The predicted octanol–water partition coefficient (Wildman–Crippen LogP) is 3.83. The Kier molecular flexibility index (Phi) is 4.56. The molecule has 0 heterocycles. The minimum atomic E-state index is -0.400. The molecule has 19 heavy (non-hydrogen) atoms. The molecule has 0 spiro atoms. The molecule has 1 aliphatic carbocycles. The highest BCUT2D eigenvalue weighted by Gasteiger charge is 2.23. The summed E-state index contributed by atoms with van der Waals surface area (Å²) in [5.74, 6) is 0.0206. The lowest BCUT2D eigenvalue weighted by molar-refractivity contribution is 0.0915. The van der Waals surface area contributed by atoms with E-state index in [-0.39, 0.29) is 17.5 Å². The number of carbonyl (C=O) groups excluding carboxylic acids is 1. The Morgan fingerprint density at radius 3 is 2.95 bits per heavy atom. The first kappa shape index (κ1) is 14.0. The van der Waals surface area contributed by atoms with Gasteiger partial charge in [-0.2, -0.15) is 0 Å². The van der Waals surface area contributed by atoms with Crippen molar-refractivity contribution in [1.82, 2.24) is 5.32 Å². The number of benzene rings is 1. The lowest BCUT2D eigenvalue weighted by atomic mass is 9.84. The lowest BCUT2D eigenvalue weighted by Crippen LogP contribution is -2.38. The number of hydrogen-bond acceptors (Lipinski definition) is 1. The highest BCUT2D eigenvalue weighted by atomic mass is 19.1. The molecule has 0 aromatic heterocycles. The second-order valence-electron chi connectivity index (χ2n) is 5.55. The first-order valence-corrected chi connectivity index (χ1v) is 7.17. The van der Waals surface area contributed by atoms with E-state index in [0.717, 1.165) is 25.7 Å². The molecule has 1 amide bonds. The molecule has 2 nitrogen and oxygen atoms in total. The van der Waals surface area contributed by atoms with E-state index in [9.17, 15) is 9.18 Å². The Morgan fingerprint density at radius 2 is 2.21 bits per heavy atom. The van der Waals surface area contributed by atoms with Crippen LogP contribution in [0.3, 0.4) is 0 Å². The van der Waals surface area contributed by atoms with Gasteiger partial charge in [0.2, 0.25) is 0 Å². The number of hydrogen-bond donors (Lipinski definition) is 1. The van der Waals surface area contributed by atoms with Crippen molar-refractivity contribution in [3.63, 3.8) is 0 Å². The second kappa shape index (κ2) is 6.18. The maximum absolute atomic E-state index is 13.9. The van der Waals surface area contributed by atoms with E-state index >= 15 is 0 Å². The predicted molar refractivity (Wildman–Crippen MR) is 74.6 cm³/mol. The number of aryl methyl sites for hydroxylation is 1. The van der Waals surface area contributed by atoms with Gasteiger partial charge in [0.05, 0.1) is 5.56 Å². The van der Waals surface area contributed by atoms with Crippen molar-refractivity contribution < 1.29 is 9.18 Å². The Hall–Kier alpha value is -1.38. The van der Waals surface area contributed by atoms with E-state index in [1.165, 1.54) is 6.42 Å². The van der Waals surface area contributed by atoms with Crippen molar-refractivity contribution in [2.24, 2.45) is 5.92 Å². The highest BCUT2D eigenvalue weighted by Crippen LogP contribution is 2.26. The van der Waals surface area contributed by atoms with E-state index < -0.39 is 5.82 Å². The van der Waals surface area contributed by atoms with Crippen LogP contribution in [-0.4, -0.2) is 11.9 Å². The summed E-state index contributed by atoms with van der Waals surface area (Å²) >= 11 is 0. The zero-order chi connectivity index (χ0) is 13.8. The summed E-state index contributed by atoms with van der Waals surface area (Å²) < 4.78 is 13.9. The fourth-order valence-electron chi connectivity index (χ4n) is 2.88. The van der Waals surface area contributed by atoms with Crippen LogP contribution in [0.1, 0.15) is 54.9 Å². The van der Waals surface area contributed by atoms with Crippen LogP contribution in [0, 0.1) is 18.7 Å². The molecule has 0 aliphatic heterocycles. The van der Waals surface area contributed by atoms with Gasteiger partial charge in [-0.05, 0) is 37.3 Å². The molecule has 2 unspecified atom stereocenters. The van der Waals surface area contributed by atoms with Crippen molar-refractivity contribution in [2.45, 2.75) is 52.0 Å². The number of amides is 1. The fourth-order valence-corrected chi connectivity index (χ4v) is 2.88. The maximum atomic E-state index is 13.9. The first-order chi connectivity index (χ1) is 9.11. The van der Waals surface area contributed by atoms with Gasteiger partial charge in [-0.15, -0.1) is 0 Å². The molecule has 1 fully saturated rings. The molecule has 1 aliphatic rings. The standard InChI is InChI=1S/C16H22FNO/c1-3-12-7-5-8-13(10-12)18-16(19)14-9-4-6-11(2)15(14)17/h4,6,9,12-13H,3,5,7-8,10H2,1-2H3,(H,18,19). The minimum absolute atomic E-state index is 0.165. The Labute approximate surface area is 114 Å². The van der Waals surface area contributed by atoms with Gasteiger partial charge >= 0.3 is 0 Å². The van der Waals surface area contributed by atoms with Gasteiger partial charge in [0.1, 0.15) is 5.82 Å². The van der Waals surface area contributed by atoms with Crippen LogP contribution in [0.4, 0.5) is 4.39 Å². The van der Waals surface area contributed by atoms with Gasteiger partial charge < -0.3 is 5.32 Å². The molecule has 1 aromatic carbocycles. The third kappa shape index (κ3) is 3.34. The van der Waals surface area contributed by atoms with E-state index in [4.69, 9.17) is 0 Å². The summed E-state index contributed by atoms with van der Waals surface area (Å²) in [4.78, 5) is 12.1. The monoisotopic (exact) mass is 263 g/mol. The van der Waals surface area contributed by atoms with Gasteiger partial charge in [0.25, 0.3) is 5.91 Å². The van der Waals surface area contributed by atoms with Crippen molar-refractivity contribution in [3.05, 3.63) is 35.1 Å². The Bertz CT molecular complexity index is 458. The summed E-state index contributed by atoms with van der Waals surface area (Å²) in [5, 5.41) is 2.99. The van der Waals surface area contributed by atoms with Crippen LogP contribution in [-0.2, 0) is 0 Å². The molecule has 1 N–H and O–H groups in total. The summed E-state index contributed by atoms with van der Waals surface area (Å²) in [6.07, 6.45) is 5.60. The van der Waals surface area contributed by atoms with Crippen molar-refractivity contribution >= 4 is 5.91 Å². The average molecular weight is 263 g/mol. The average Bonchev–Trinajstić information content (AvgIpc) is 2.42. The third-order valence-electron chi connectivity index (χ3n) is 4.13. The Morgan fingerprint density at radius 1 is 1.42 bits per heavy atom. The van der Waals surface area contributed by atoms with Crippen LogP contribution < -0.4 is 5.32 Å². The van der Waals surface area contributed by atoms with Gasteiger partial charge in [-0.1, -0.05) is 38.3 Å². The van der Waals surface area contributed by atoms with Crippen molar-refractivity contribution in [1.29, 1.82) is 0 Å². The molecule has 3 heteroatoms. The quantitative estimate of drug-likeness (QED) is 0.882. The van der Waals surface area contributed by atoms with Gasteiger partial charge in [-0.25, -0.2) is 4.39 Å². The van der Waals surface area contributed by atoms with Crippen LogP contribution in [0.5, 0.6) is 0 Å². The molecule has 2 rings (SSSR count). The topological polar surface area (TPSA) is 29.1 Å². The van der Waals surface area contributed by atoms with Crippen molar-refractivity contribution in [2.75, 3.05) is 0 Å². The first-order valence-electron chi connectivity index (χ1n) is 7.17. The van der Waals surface area contributed by atoms with Gasteiger partial charge in [0.15, 0.2) is 0 Å². The fraction of sp³-hybridized carbons (Fsp3) is 0.562. The van der Waals surface area contributed by atoms with Crippen LogP contribution in [0.2, 0.25) is 0 Å². The van der Waals surface area contributed by atoms with E-state index in [1.54, 1.807) is 25.1 Å². The molecule has 0 bridgehead atoms. The zero-order valence-corrected chi connectivity index (χ0v) is 11.7. The van der Waals surface area contributed by atoms with Crippen molar-refractivity contribution in [3.8, 4) is 0 Å². The molecule has 0 radical (unpaired) electrons. The highest BCUT2D eigenvalue weighted by molar-refractivity contribution is 5.94. The normalized spacial score (nSPS) is 23.1. The summed E-state index contributed by atoms with van der Waals surface area (Å²) in [6, 6.07) is 5.16. The molecular weight excluding hydrogens is 241 g/mol. The zero-order valence-electron chi connectivity index (χ0n) is 11.7. The molecule has 0 saturated heterocycles. The number of nitrogens with one attached hydrogen (secondary N) is 1. The molecule has 2 atom stereocenters. The van der Waals surface area contributed by atoms with Gasteiger partial charge in [-0.3, -0.25) is 4.79 Å². The summed E-state index contributed by atoms with van der Waals surface area (Å²) in [5.41, 5.74) is 0.682. The Balaban J connectivity index is 2.02. The smallest absolute Gasteiger partial charge is 0.254 e. The van der Waals surface area contributed by atoms with E-state index in [1.807, 2.05) is 0 Å². The lowest BCUT2D eigenvalue weighted by Gasteiger charge is -2.29. The number of carbonyl (C=O) groups is 1. The largest absolute Gasteiger partial charge is 0.349 e. The minimum Gasteiger partial charge on any atom is -0.349 e. The third-order valence-corrected chi connectivity index (χ3v) is 4.13. The van der Waals surface area contributed by atoms with Crippen LogP contribution in [0.15, 0.2) is 18.2 Å². The molecular formula is C16H22FNO. The molecule has 104 valence electrons. The SMILES string of the molecule is CCC1CCCC(NC(=O)c2cccc(C)c2F)C1. The number of halogens is 1. The summed E-state index contributed by atoms with van der Waals surface area (Å²) in [6.45, 7) is 3.87. The number of rotatable bonds is 3. The van der Waals surface area contributed by atoms with Crippen LogP contribution in [0.25, 0.3) is 0 Å². The summed E-state index contributed by atoms with van der Waals surface area (Å²) in [7, 11) is 0. The van der Waals surface area contributed by atoms with E-state index in [2.05, 4.69) is 12.2 Å². The van der Waals surface area contributed by atoms with E-state index in [0.29, 0.717) is 11.5 Å². The molecule has 1 saturated carbocycles.